The summed E-state index contributed by atoms with van der Waals surface area (Å²) >= 11 is 0. The molecule has 0 atom stereocenters. The van der Waals surface area contributed by atoms with E-state index in [-0.39, 0.29) is 5.75 Å². The molecule has 2 N–H and O–H groups in total. The molecule has 94 valence electrons. The normalized spacial score (nSPS) is 11.2. The van der Waals surface area contributed by atoms with Crippen molar-refractivity contribution in [1.82, 2.24) is 4.98 Å². The number of hydrogen-bond donors (Lipinski definition) is 2. The van der Waals surface area contributed by atoms with Crippen LogP contribution in [0, 0.1) is 0 Å². The Kier molecular flexibility index (Phi) is 3.20. The van der Waals surface area contributed by atoms with Crippen molar-refractivity contribution in [2.24, 2.45) is 0 Å². The van der Waals surface area contributed by atoms with Crippen molar-refractivity contribution < 1.29 is 13.5 Å². The number of anilines is 1. The van der Waals surface area contributed by atoms with Gasteiger partial charge in [0.2, 0.25) is 10.0 Å². The van der Waals surface area contributed by atoms with Crippen LogP contribution in [0.2, 0.25) is 0 Å². The Balaban J connectivity index is 2.59. The molecule has 0 amide bonds. The molecule has 5 nitrogen and oxygen atoms in total. The predicted octanol–water partition coefficient (Wildman–Crippen LogP) is 1.83. The first-order chi connectivity index (χ1) is 8.47. The lowest BCUT2D eigenvalue weighted by Gasteiger charge is -2.11. The lowest BCUT2D eigenvalue weighted by molar-refractivity contribution is 0.477. The molecule has 1 heterocycles. The van der Waals surface area contributed by atoms with E-state index < -0.39 is 10.0 Å². The molecule has 1 aromatic heterocycles. The Labute approximate surface area is 105 Å². The summed E-state index contributed by atoms with van der Waals surface area (Å²) in [6.07, 6.45) is 2.63. The van der Waals surface area contributed by atoms with Crippen molar-refractivity contribution in [2.75, 3.05) is 11.0 Å². The first-order valence-corrected chi connectivity index (χ1v) is 7.08. The number of phenolic OH excluding ortho intramolecular Hbond substituents is 1. The quantitative estimate of drug-likeness (QED) is 0.886. The zero-order valence-corrected chi connectivity index (χ0v) is 10.5. The molecular weight excluding hydrogens is 252 g/mol. The number of benzene rings is 1. The van der Waals surface area contributed by atoms with E-state index in [4.69, 9.17) is 0 Å². The summed E-state index contributed by atoms with van der Waals surface area (Å²) in [7, 11) is -3.41. The topological polar surface area (TPSA) is 79.3 Å². The van der Waals surface area contributed by atoms with Crippen LogP contribution in [0.25, 0.3) is 11.3 Å². The molecule has 0 radical (unpaired) electrons. The third kappa shape index (κ3) is 2.78. The minimum absolute atomic E-state index is 0.0256. The maximum atomic E-state index is 11.3. The number of nitrogens with zero attached hydrogens (tertiary/aromatic N) is 1. The first kappa shape index (κ1) is 12.4. The zero-order valence-electron chi connectivity index (χ0n) is 9.66. The molecule has 2 aromatic rings. The summed E-state index contributed by atoms with van der Waals surface area (Å²) in [6, 6.07) is 9.83. The van der Waals surface area contributed by atoms with Gasteiger partial charge in [-0.05, 0) is 24.3 Å². The van der Waals surface area contributed by atoms with Crippen LogP contribution < -0.4 is 4.72 Å². The molecule has 0 saturated heterocycles. The molecule has 0 fully saturated rings. The minimum Gasteiger partial charge on any atom is -0.507 e. The van der Waals surface area contributed by atoms with Gasteiger partial charge in [-0.2, -0.15) is 0 Å². The maximum Gasteiger partial charge on any atom is 0.229 e. The third-order valence-corrected chi connectivity index (χ3v) is 2.85. The largest absolute Gasteiger partial charge is 0.507 e. The van der Waals surface area contributed by atoms with Crippen molar-refractivity contribution in [2.45, 2.75) is 0 Å². The molecule has 0 bridgehead atoms. The summed E-state index contributed by atoms with van der Waals surface area (Å²) in [5.74, 6) is -0.0256. The van der Waals surface area contributed by atoms with Gasteiger partial charge in [0.25, 0.3) is 0 Å². The monoisotopic (exact) mass is 264 g/mol. The van der Waals surface area contributed by atoms with E-state index in [2.05, 4.69) is 9.71 Å². The molecule has 1 aromatic carbocycles. The van der Waals surface area contributed by atoms with E-state index in [1.54, 1.807) is 36.5 Å². The van der Waals surface area contributed by atoms with Crippen LogP contribution in [0.1, 0.15) is 0 Å². The lowest BCUT2D eigenvalue weighted by atomic mass is 10.1. The number of aromatic hydroxyl groups is 1. The van der Waals surface area contributed by atoms with Gasteiger partial charge in [0.1, 0.15) is 5.75 Å². The first-order valence-electron chi connectivity index (χ1n) is 5.18. The predicted molar refractivity (Wildman–Crippen MR) is 69.8 cm³/mol. The number of phenols is 1. The molecule has 0 saturated carbocycles. The zero-order chi connectivity index (χ0) is 13.2. The van der Waals surface area contributed by atoms with Crippen LogP contribution in [0.4, 0.5) is 5.69 Å². The number of rotatable bonds is 3. The van der Waals surface area contributed by atoms with E-state index in [1.807, 2.05) is 0 Å². The van der Waals surface area contributed by atoms with Gasteiger partial charge in [-0.15, -0.1) is 0 Å². The Morgan fingerprint density at radius 2 is 1.94 bits per heavy atom. The van der Waals surface area contributed by atoms with E-state index in [9.17, 15) is 13.5 Å². The van der Waals surface area contributed by atoms with E-state index in [0.29, 0.717) is 16.9 Å². The van der Waals surface area contributed by atoms with Gasteiger partial charge in [-0.25, -0.2) is 8.42 Å². The number of hydrogen-bond acceptors (Lipinski definition) is 4. The summed E-state index contributed by atoms with van der Waals surface area (Å²) in [4.78, 5) is 4.11. The van der Waals surface area contributed by atoms with Crippen molar-refractivity contribution >= 4 is 15.7 Å². The minimum atomic E-state index is -3.41. The fourth-order valence-corrected chi connectivity index (χ4v) is 2.17. The van der Waals surface area contributed by atoms with Crippen LogP contribution in [0.15, 0.2) is 42.6 Å². The highest BCUT2D eigenvalue weighted by Crippen LogP contribution is 2.34. The smallest absolute Gasteiger partial charge is 0.229 e. The van der Waals surface area contributed by atoms with Crippen LogP contribution in [0.5, 0.6) is 5.75 Å². The highest BCUT2D eigenvalue weighted by atomic mass is 32.2. The molecule has 6 heteroatoms. The average molecular weight is 264 g/mol. The van der Waals surface area contributed by atoms with Crippen LogP contribution >= 0.6 is 0 Å². The van der Waals surface area contributed by atoms with Gasteiger partial charge < -0.3 is 5.11 Å². The van der Waals surface area contributed by atoms with Crippen LogP contribution in [-0.4, -0.2) is 24.8 Å². The Morgan fingerprint density at radius 3 is 2.56 bits per heavy atom. The van der Waals surface area contributed by atoms with Crippen molar-refractivity contribution in [3.05, 3.63) is 42.6 Å². The third-order valence-electron chi connectivity index (χ3n) is 2.26. The van der Waals surface area contributed by atoms with Gasteiger partial charge in [0, 0.05) is 6.20 Å². The average Bonchev–Trinajstić information content (AvgIpc) is 2.28. The number of pyridine rings is 1. The van der Waals surface area contributed by atoms with E-state index in [1.165, 1.54) is 6.07 Å². The van der Waals surface area contributed by atoms with Gasteiger partial charge in [-0.1, -0.05) is 12.1 Å². The van der Waals surface area contributed by atoms with Crippen molar-refractivity contribution in [3.8, 4) is 17.0 Å². The lowest BCUT2D eigenvalue weighted by Crippen LogP contribution is -2.10. The second kappa shape index (κ2) is 4.66. The molecule has 0 aliphatic heterocycles. The second-order valence-electron chi connectivity index (χ2n) is 3.79. The number of nitrogens with one attached hydrogen (secondary N) is 1. The van der Waals surface area contributed by atoms with Gasteiger partial charge in [0.05, 0.1) is 23.2 Å². The van der Waals surface area contributed by atoms with Gasteiger partial charge in [0.15, 0.2) is 0 Å². The van der Waals surface area contributed by atoms with E-state index in [0.717, 1.165) is 6.26 Å². The number of sulfonamides is 1. The van der Waals surface area contributed by atoms with Crippen LogP contribution in [0.3, 0.4) is 0 Å². The fourth-order valence-electron chi connectivity index (χ4n) is 1.60. The summed E-state index contributed by atoms with van der Waals surface area (Å²) < 4.78 is 24.9. The highest BCUT2D eigenvalue weighted by molar-refractivity contribution is 7.92. The molecule has 0 aliphatic rings. The summed E-state index contributed by atoms with van der Waals surface area (Å²) in [5.41, 5.74) is 1.17. The second-order valence-corrected chi connectivity index (χ2v) is 5.54. The summed E-state index contributed by atoms with van der Waals surface area (Å²) in [6.45, 7) is 0. The van der Waals surface area contributed by atoms with E-state index >= 15 is 0 Å². The van der Waals surface area contributed by atoms with Crippen LogP contribution in [-0.2, 0) is 10.0 Å². The van der Waals surface area contributed by atoms with Crippen molar-refractivity contribution in [3.63, 3.8) is 0 Å². The maximum absolute atomic E-state index is 11.3. The highest BCUT2D eigenvalue weighted by Gasteiger charge is 2.13. The number of aromatic nitrogens is 1. The Bertz CT molecular complexity index is 654. The summed E-state index contributed by atoms with van der Waals surface area (Å²) in [5, 5.41) is 9.87. The Hall–Kier alpha value is -2.08. The molecule has 0 unspecified atom stereocenters. The SMILES string of the molecule is CS(=O)(=O)Nc1cccc(O)c1-c1ccccn1. The Morgan fingerprint density at radius 1 is 1.17 bits per heavy atom. The van der Waals surface area contributed by atoms with Crippen molar-refractivity contribution in [1.29, 1.82) is 0 Å². The van der Waals surface area contributed by atoms with Gasteiger partial charge >= 0.3 is 0 Å². The molecule has 2 rings (SSSR count). The molecular formula is C12H12N2O3S. The fraction of sp³-hybridized carbons (Fsp3) is 0.0833. The van der Waals surface area contributed by atoms with Gasteiger partial charge in [-0.3, -0.25) is 9.71 Å². The standard InChI is InChI=1S/C12H12N2O3S/c1-18(16,17)14-10-6-4-7-11(15)12(10)9-5-2-3-8-13-9/h2-8,14-15H,1H3. The molecule has 0 spiro atoms. The molecule has 18 heavy (non-hydrogen) atoms. The molecule has 0 aliphatic carbocycles.